The molecule has 3 aromatic heterocycles. The Morgan fingerprint density at radius 3 is 1.98 bits per heavy atom. The van der Waals surface area contributed by atoms with E-state index in [1.807, 2.05) is 59.9 Å². The first-order valence-corrected chi connectivity index (χ1v) is 16.8. The van der Waals surface area contributed by atoms with E-state index >= 15 is 0 Å². The van der Waals surface area contributed by atoms with E-state index in [-0.39, 0.29) is 0 Å². The molecule has 48 heavy (non-hydrogen) atoms. The summed E-state index contributed by atoms with van der Waals surface area (Å²) in [7, 11) is 0. The van der Waals surface area contributed by atoms with E-state index in [0.717, 1.165) is 55.6 Å². The number of hydrogen-bond acceptors (Lipinski definition) is 5. The molecule has 5 heteroatoms. The zero-order valence-electron chi connectivity index (χ0n) is 25.6. The molecule has 0 spiro atoms. The van der Waals surface area contributed by atoms with Gasteiger partial charge in [0.05, 0.1) is 5.69 Å². The lowest BCUT2D eigenvalue weighted by atomic mass is 10.0. The number of hydrogen-bond donors (Lipinski definition) is 0. The van der Waals surface area contributed by atoms with Crippen molar-refractivity contribution in [2.45, 2.75) is 0 Å². The second-order valence-corrected chi connectivity index (χ2v) is 13.0. The van der Waals surface area contributed by atoms with Crippen LogP contribution in [0.25, 0.3) is 75.8 Å². The third-order valence-corrected chi connectivity index (χ3v) is 10.2. The fourth-order valence-electron chi connectivity index (χ4n) is 6.90. The number of anilines is 3. The summed E-state index contributed by atoms with van der Waals surface area (Å²) < 4.78 is 15.8. The van der Waals surface area contributed by atoms with Crippen LogP contribution < -0.4 is 4.90 Å². The zero-order valence-corrected chi connectivity index (χ0v) is 26.4. The molecule has 0 aliphatic heterocycles. The Balaban J connectivity index is 1.33. The summed E-state index contributed by atoms with van der Waals surface area (Å²) in [4.78, 5) is 7.52. The molecule has 0 unspecified atom stereocenters. The minimum absolute atomic E-state index is 0.572. The van der Waals surface area contributed by atoms with Gasteiger partial charge in [-0.25, -0.2) is 4.98 Å². The molecule has 0 aliphatic carbocycles. The Bertz CT molecular complexity index is 2780. The third kappa shape index (κ3) is 4.18. The first-order chi connectivity index (χ1) is 23.8. The summed E-state index contributed by atoms with van der Waals surface area (Å²) in [5.74, 6) is 0.572. The van der Waals surface area contributed by atoms with Crippen molar-refractivity contribution in [2.24, 2.45) is 0 Å². The first kappa shape index (κ1) is 27.0. The normalized spacial score (nSPS) is 11.8. The Morgan fingerprint density at radius 1 is 0.500 bits per heavy atom. The van der Waals surface area contributed by atoms with Crippen LogP contribution in [0, 0.1) is 0 Å². The molecule has 0 N–H and O–H groups in total. The second-order valence-electron chi connectivity index (χ2n) is 11.9. The maximum atomic E-state index is 6.78. The predicted octanol–water partition coefficient (Wildman–Crippen LogP) is 12.9. The highest BCUT2D eigenvalue weighted by Crippen LogP contribution is 2.50. The van der Waals surface area contributed by atoms with Gasteiger partial charge in [-0.15, -0.1) is 11.3 Å². The molecule has 4 nitrogen and oxygen atoms in total. The van der Waals surface area contributed by atoms with Gasteiger partial charge in [-0.3, -0.25) is 0 Å². The molecule has 3 heterocycles. The molecule has 0 saturated heterocycles. The molecule has 0 aliphatic rings. The molecular weight excluding hydrogens is 609 g/mol. The van der Waals surface area contributed by atoms with Crippen LogP contribution in [0.5, 0.6) is 0 Å². The van der Waals surface area contributed by atoms with Gasteiger partial charge in [-0.2, -0.15) is 0 Å². The van der Waals surface area contributed by atoms with Gasteiger partial charge in [0.2, 0.25) is 5.89 Å². The molecule has 10 rings (SSSR count). The fourth-order valence-corrected chi connectivity index (χ4v) is 8.03. The number of oxazole rings is 1. The number of fused-ring (bicyclic) bond motifs is 7. The molecule has 0 bridgehead atoms. The van der Waals surface area contributed by atoms with Gasteiger partial charge in [-0.1, -0.05) is 103 Å². The highest BCUT2D eigenvalue weighted by molar-refractivity contribution is 7.26. The van der Waals surface area contributed by atoms with E-state index in [2.05, 4.69) is 114 Å². The summed E-state index contributed by atoms with van der Waals surface area (Å²) in [5.41, 5.74) is 9.17. The van der Waals surface area contributed by atoms with Gasteiger partial charge in [-0.05, 0) is 65.7 Å². The van der Waals surface area contributed by atoms with Crippen molar-refractivity contribution in [3.05, 3.63) is 158 Å². The lowest BCUT2D eigenvalue weighted by Gasteiger charge is -2.27. The molecule has 0 radical (unpaired) electrons. The Hall–Kier alpha value is -6.17. The van der Waals surface area contributed by atoms with Crippen LogP contribution in [0.2, 0.25) is 0 Å². The van der Waals surface area contributed by atoms with Crippen molar-refractivity contribution in [3.63, 3.8) is 0 Å². The number of furan rings is 1. The van der Waals surface area contributed by atoms with Crippen molar-refractivity contribution >= 4 is 81.6 Å². The Kier molecular flexibility index (Phi) is 6.01. The summed E-state index contributed by atoms with van der Waals surface area (Å²) in [6.07, 6.45) is 0. The van der Waals surface area contributed by atoms with Crippen molar-refractivity contribution in [3.8, 4) is 22.6 Å². The number of benzene rings is 7. The molecular formula is C43H26N2O2S. The Morgan fingerprint density at radius 2 is 1.17 bits per heavy atom. The first-order valence-electron chi connectivity index (χ1n) is 16.0. The standard InChI is InChI=1S/C43H26N2O2S/c1-3-12-27(13-4-1)28-22-24-30(25-23-28)45(34-18-11-21-38-39(34)32-17-8-10-20-37(32)48-38)41-40-36(47-43(44-40)29-14-5-2-6-15-29)26-33-31-16-7-9-19-35(31)46-42(33)41/h1-26H. The number of nitrogens with zero attached hydrogens (tertiary/aromatic N) is 2. The number of aromatic nitrogens is 1. The molecule has 0 amide bonds. The van der Waals surface area contributed by atoms with E-state index in [9.17, 15) is 0 Å². The van der Waals surface area contributed by atoms with Gasteiger partial charge in [0.15, 0.2) is 11.2 Å². The molecule has 0 saturated carbocycles. The predicted molar refractivity (Wildman–Crippen MR) is 200 cm³/mol. The molecule has 0 fully saturated rings. The smallest absolute Gasteiger partial charge is 0.227 e. The van der Waals surface area contributed by atoms with Crippen molar-refractivity contribution in [2.75, 3.05) is 4.90 Å². The fraction of sp³-hybridized carbons (Fsp3) is 0. The van der Waals surface area contributed by atoms with Gasteiger partial charge < -0.3 is 13.7 Å². The van der Waals surface area contributed by atoms with Crippen LogP contribution in [-0.2, 0) is 0 Å². The minimum atomic E-state index is 0.572. The maximum Gasteiger partial charge on any atom is 0.227 e. The third-order valence-electron chi connectivity index (χ3n) is 9.10. The second kappa shape index (κ2) is 10.7. The van der Waals surface area contributed by atoms with Crippen LogP contribution >= 0.6 is 11.3 Å². The summed E-state index contributed by atoms with van der Waals surface area (Å²) >= 11 is 1.81. The molecule has 226 valence electrons. The molecule has 10 aromatic rings. The SMILES string of the molecule is c1ccc(-c2ccc(N(c3c4nc(-c5ccccc5)oc4cc4c3oc3ccccc34)c3cccc4sc5ccccc5c34)cc2)cc1. The van der Waals surface area contributed by atoms with Crippen LogP contribution in [0.15, 0.2) is 167 Å². The number of para-hydroxylation sites is 1. The van der Waals surface area contributed by atoms with Crippen molar-refractivity contribution in [1.82, 2.24) is 4.98 Å². The van der Waals surface area contributed by atoms with Gasteiger partial charge in [0.1, 0.15) is 16.8 Å². The summed E-state index contributed by atoms with van der Waals surface area (Å²) in [5, 5.41) is 4.43. The number of rotatable bonds is 5. The maximum absolute atomic E-state index is 6.78. The van der Waals surface area contributed by atoms with E-state index in [4.69, 9.17) is 13.8 Å². The Labute approximate surface area is 279 Å². The summed E-state index contributed by atoms with van der Waals surface area (Å²) in [6.45, 7) is 0. The monoisotopic (exact) mass is 634 g/mol. The van der Waals surface area contributed by atoms with E-state index < -0.39 is 0 Å². The van der Waals surface area contributed by atoms with Gasteiger partial charge in [0.25, 0.3) is 0 Å². The summed E-state index contributed by atoms with van der Waals surface area (Å²) in [6, 6.07) is 54.8. The van der Waals surface area contributed by atoms with E-state index in [1.54, 1.807) is 0 Å². The number of thiophene rings is 1. The highest BCUT2D eigenvalue weighted by atomic mass is 32.1. The lowest BCUT2D eigenvalue weighted by Crippen LogP contribution is -2.11. The lowest BCUT2D eigenvalue weighted by molar-refractivity contribution is 0.620. The average molecular weight is 635 g/mol. The van der Waals surface area contributed by atoms with E-state index in [1.165, 1.54) is 25.7 Å². The quantitative estimate of drug-likeness (QED) is 0.189. The molecule has 0 atom stereocenters. The average Bonchev–Trinajstić information content (AvgIpc) is 3.86. The van der Waals surface area contributed by atoms with E-state index in [0.29, 0.717) is 11.5 Å². The highest BCUT2D eigenvalue weighted by Gasteiger charge is 2.28. The topological polar surface area (TPSA) is 42.4 Å². The minimum Gasteiger partial charge on any atom is -0.454 e. The largest absolute Gasteiger partial charge is 0.454 e. The van der Waals surface area contributed by atoms with Crippen molar-refractivity contribution in [1.29, 1.82) is 0 Å². The van der Waals surface area contributed by atoms with Gasteiger partial charge in [0, 0.05) is 42.2 Å². The zero-order chi connectivity index (χ0) is 31.6. The van der Waals surface area contributed by atoms with Crippen LogP contribution in [0.1, 0.15) is 0 Å². The van der Waals surface area contributed by atoms with Crippen LogP contribution in [0.3, 0.4) is 0 Å². The molecule has 7 aromatic carbocycles. The van der Waals surface area contributed by atoms with Crippen LogP contribution in [-0.4, -0.2) is 4.98 Å². The van der Waals surface area contributed by atoms with Crippen LogP contribution in [0.4, 0.5) is 17.1 Å². The van der Waals surface area contributed by atoms with Gasteiger partial charge >= 0.3 is 0 Å². The van der Waals surface area contributed by atoms with Crippen molar-refractivity contribution < 1.29 is 8.83 Å².